The number of halogens is 1. The van der Waals surface area contributed by atoms with Crippen LogP contribution < -0.4 is 5.32 Å². The van der Waals surface area contributed by atoms with E-state index in [0.717, 1.165) is 6.54 Å². The van der Waals surface area contributed by atoms with Gasteiger partial charge in [0.2, 0.25) is 0 Å². The molecule has 1 aromatic heterocycles. The van der Waals surface area contributed by atoms with Crippen LogP contribution in [0.1, 0.15) is 29.9 Å². The number of rotatable bonds is 5. The minimum absolute atomic E-state index is 0.0250. The first kappa shape index (κ1) is 14.7. The fourth-order valence-electron chi connectivity index (χ4n) is 2.02. The van der Waals surface area contributed by atoms with Crippen LogP contribution in [0.3, 0.4) is 0 Å². The molecule has 0 aliphatic carbocycles. The highest BCUT2D eigenvalue weighted by Crippen LogP contribution is 2.26. The Morgan fingerprint density at radius 2 is 2.15 bits per heavy atom. The third-order valence-corrected chi connectivity index (χ3v) is 4.49. The van der Waals surface area contributed by atoms with Crippen molar-refractivity contribution in [1.29, 1.82) is 5.26 Å². The summed E-state index contributed by atoms with van der Waals surface area (Å²) in [4.78, 5) is 1.31. The topological polar surface area (TPSA) is 35.8 Å². The standard InChI is InChI=1S/C16H17FN2S/c1-16(2,15-4-3-7-20-15)11-19-10-13-6-5-12(9-18)8-14(13)17/h3-8,19H,10-11H2,1-2H3. The average molecular weight is 288 g/mol. The number of benzene rings is 1. The molecule has 0 bridgehead atoms. The fourth-order valence-corrected chi connectivity index (χ4v) is 2.87. The van der Waals surface area contributed by atoms with Crippen molar-refractivity contribution in [1.82, 2.24) is 5.32 Å². The molecule has 0 aliphatic heterocycles. The molecule has 1 N–H and O–H groups in total. The lowest BCUT2D eigenvalue weighted by atomic mass is 9.91. The number of nitrogens with zero attached hydrogens (tertiary/aromatic N) is 1. The molecule has 2 nitrogen and oxygen atoms in total. The summed E-state index contributed by atoms with van der Waals surface area (Å²) >= 11 is 1.73. The maximum absolute atomic E-state index is 13.7. The van der Waals surface area contributed by atoms with Crippen LogP contribution in [-0.4, -0.2) is 6.54 Å². The van der Waals surface area contributed by atoms with E-state index < -0.39 is 0 Å². The zero-order valence-electron chi connectivity index (χ0n) is 11.6. The third kappa shape index (κ3) is 3.44. The Labute approximate surface area is 122 Å². The van der Waals surface area contributed by atoms with Gasteiger partial charge in [-0.05, 0) is 23.6 Å². The Kier molecular flexibility index (Phi) is 4.53. The normalized spacial score (nSPS) is 11.3. The first-order valence-corrected chi connectivity index (χ1v) is 7.34. The molecular formula is C16H17FN2S. The first-order chi connectivity index (χ1) is 9.53. The third-order valence-electron chi connectivity index (χ3n) is 3.25. The highest BCUT2D eigenvalue weighted by Gasteiger charge is 2.21. The average Bonchev–Trinajstić information content (AvgIpc) is 2.95. The molecule has 2 rings (SSSR count). The van der Waals surface area contributed by atoms with Gasteiger partial charge in [-0.15, -0.1) is 11.3 Å². The Hall–Kier alpha value is -1.70. The van der Waals surface area contributed by atoms with Gasteiger partial charge in [-0.2, -0.15) is 5.26 Å². The van der Waals surface area contributed by atoms with E-state index in [2.05, 4.69) is 30.6 Å². The highest BCUT2D eigenvalue weighted by atomic mass is 32.1. The molecule has 0 aliphatic rings. The van der Waals surface area contributed by atoms with Crippen molar-refractivity contribution >= 4 is 11.3 Å². The maximum atomic E-state index is 13.7. The molecule has 0 saturated carbocycles. The summed E-state index contributed by atoms with van der Waals surface area (Å²) in [5.74, 6) is -0.328. The monoisotopic (exact) mass is 288 g/mol. The summed E-state index contributed by atoms with van der Waals surface area (Å²) in [6.45, 7) is 5.57. The van der Waals surface area contributed by atoms with Gasteiger partial charge in [0.1, 0.15) is 5.82 Å². The van der Waals surface area contributed by atoms with E-state index in [4.69, 9.17) is 5.26 Å². The molecule has 2 aromatic rings. The van der Waals surface area contributed by atoms with Gasteiger partial charge in [0.05, 0.1) is 11.6 Å². The molecule has 20 heavy (non-hydrogen) atoms. The van der Waals surface area contributed by atoms with Gasteiger partial charge in [0, 0.05) is 28.9 Å². The molecule has 0 amide bonds. The molecule has 4 heteroatoms. The van der Waals surface area contributed by atoms with Crippen molar-refractivity contribution in [3.8, 4) is 6.07 Å². The summed E-state index contributed by atoms with van der Waals surface area (Å²) < 4.78 is 13.7. The van der Waals surface area contributed by atoms with E-state index in [0.29, 0.717) is 17.7 Å². The number of thiophene rings is 1. The predicted molar refractivity (Wildman–Crippen MR) is 80.2 cm³/mol. The lowest BCUT2D eigenvalue weighted by molar-refractivity contribution is 0.471. The summed E-state index contributed by atoms with van der Waals surface area (Å²) in [7, 11) is 0. The van der Waals surface area contributed by atoms with Crippen LogP contribution in [0.4, 0.5) is 4.39 Å². The molecule has 0 atom stereocenters. The number of hydrogen-bond donors (Lipinski definition) is 1. The van der Waals surface area contributed by atoms with Gasteiger partial charge in [-0.1, -0.05) is 26.0 Å². The quantitative estimate of drug-likeness (QED) is 0.907. The molecule has 0 saturated heterocycles. The zero-order valence-corrected chi connectivity index (χ0v) is 12.4. The summed E-state index contributed by atoms with van der Waals surface area (Å²) in [5, 5.41) is 14.1. The van der Waals surface area contributed by atoms with Gasteiger partial charge in [0.25, 0.3) is 0 Å². The largest absolute Gasteiger partial charge is 0.312 e. The van der Waals surface area contributed by atoms with Crippen molar-refractivity contribution < 1.29 is 4.39 Å². The molecule has 0 radical (unpaired) electrons. The van der Waals surface area contributed by atoms with Crippen molar-refractivity contribution in [2.24, 2.45) is 0 Å². The van der Waals surface area contributed by atoms with Gasteiger partial charge in [-0.25, -0.2) is 4.39 Å². The van der Waals surface area contributed by atoms with Crippen LogP contribution in [-0.2, 0) is 12.0 Å². The van der Waals surface area contributed by atoms with Crippen LogP contribution in [0.25, 0.3) is 0 Å². The van der Waals surface area contributed by atoms with Crippen LogP contribution in [0, 0.1) is 17.1 Å². The summed E-state index contributed by atoms with van der Waals surface area (Å²) in [5.41, 5.74) is 0.966. The van der Waals surface area contributed by atoms with E-state index in [1.165, 1.54) is 10.9 Å². The second-order valence-corrected chi connectivity index (χ2v) is 6.33. The van der Waals surface area contributed by atoms with Gasteiger partial charge in [0.15, 0.2) is 0 Å². The zero-order chi connectivity index (χ0) is 14.6. The summed E-state index contributed by atoms with van der Waals surface area (Å²) in [6.07, 6.45) is 0. The molecule has 0 fully saturated rings. The number of hydrogen-bond acceptors (Lipinski definition) is 3. The first-order valence-electron chi connectivity index (χ1n) is 6.46. The Balaban J connectivity index is 1.95. The number of nitrogens with one attached hydrogen (secondary N) is 1. The van der Waals surface area contributed by atoms with Crippen LogP contribution in [0.15, 0.2) is 35.7 Å². The molecule has 1 heterocycles. The van der Waals surface area contributed by atoms with Crippen molar-refractivity contribution in [2.45, 2.75) is 25.8 Å². The Bertz CT molecular complexity index is 612. The van der Waals surface area contributed by atoms with Crippen molar-refractivity contribution in [3.05, 3.63) is 57.5 Å². The number of nitriles is 1. The minimum atomic E-state index is -0.328. The van der Waals surface area contributed by atoms with Crippen LogP contribution in [0.5, 0.6) is 0 Å². The van der Waals surface area contributed by atoms with Gasteiger partial charge < -0.3 is 5.32 Å². The fraction of sp³-hybridized carbons (Fsp3) is 0.312. The van der Waals surface area contributed by atoms with Gasteiger partial charge >= 0.3 is 0 Å². The van der Waals surface area contributed by atoms with Crippen molar-refractivity contribution in [3.63, 3.8) is 0 Å². The second-order valence-electron chi connectivity index (χ2n) is 5.38. The predicted octanol–water partition coefficient (Wildman–Crippen LogP) is 3.83. The Morgan fingerprint density at radius 3 is 2.75 bits per heavy atom. The van der Waals surface area contributed by atoms with Gasteiger partial charge in [-0.3, -0.25) is 0 Å². The molecule has 0 unspecified atom stereocenters. The highest BCUT2D eigenvalue weighted by molar-refractivity contribution is 7.10. The molecular weight excluding hydrogens is 271 g/mol. The second kappa shape index (κ2) is 6.17. The van der Waals surface area contributed by atoms with E-state index in [9.17, 15) is 4.39 Å². The molecule has 0 spiro atoms. The van der Waals surface area contributed by atoms with Crippen molar-refractivity contribution in [2.75, 3.05) is 6.54 Å². The molecule has 104 valence electrons. The maximum Gasteiger partial charge on any atom is 0.129 e. The lowest BCUT2D eigenvalue weighted by Crippen LogP contribution is -2.32. The van der Waals surface area contributed by atoms with Crippen LogP contribution in [0.2, 0.25) is 0 Å². The van der Waals surface area contributed by atoms with E-state index in [1.54, 1.807) is 23.5 Å². The SMILES string of the molecule is CC(C)(CNCc1ccc(C#N)cc1F)c1cccs1. The minimum Gasteiger partial charge on any atom is -0.312 e. The van der Waals surface area contributed by atoms with E-state index in [-0.39, 0.29) is 11.2 Å². The van der Waals surface area contributed by atoms with E-state index in [1.807, 2.05) is 12.1 Å². The smallest absolute Gasteiger partial charge is 0.129 e. The van der Waals surface area contributed by atoms with Crippen LogP contribution >= 0.6 is 11.3 Å². The Morgan fingerprint density at radius 1 is 1.35 bits per heavy atom. The summed E-state index contributed by atoms with van der Waals surface area (Å²) in [6, 6.07) is 10.7. The lowest BCUT2D eigenvalue weighted by Gasteiger charge is -2.23. The van der Waals surface area contributed by atoms with E-state index >= 15 is 0 Å². The molecule has 1 aromatic carbocycles.